The maximum Gasteiger partial charge on any atom is 0.216 e. The average Bonchev–Trinajstić information content (AvgIpc) is 2.73. The van der Waals surface area contributed by atoms with Gasteiger partial charge in [-0.3, -0.25) is 0 Å². The van der Waals surface area contributed by atoms with E-state index in [1.54, 1.807) is 54.6 Å². The minimum atomic E-state index is -3.86. The Bertz CT molecular complexity index is 1130. The molecule has 3 aromatic carbocycles. The van der Waals surface area contributed by atoms with Crippen molar-refractivity contribution < 1.29 is 13.2 Å². The fourth-order valence-corrected chi connectivity index (χ4v) is 3.86. The van der Waals surface area contributed by atoms with Gasteiger partial charge in [0.25, 0.3) is 0 Å². The first kappa shape index (κ1) is 19.7. The molecular weight excluding hydrogens is 394 g/mol. The summed E-state index contributed by atoms with van der Waals surface area (Å²) in [6.07, 6.45) is 1.35. The van der Waals surface area contributed by atoms with E-state index in [4.69, 9.17) is 16.3 Å². The summed E-state index contributed by atoms with van der Waals surface area (Å²) >= 11 is 6.11. The number of rotatable bonds is 6. The number of allylic oxidation sites excluding steroid dienone is 1. The second kappa shape index (κ2) is 8.75. The van der Waals surface area contributed by atoms with Crippen LogP contribution >= 0.6 is 11.6 Å². The first-order chi connectivity index (χ1) is 13.5. The summed E-state index contributed by atoms with van der Waals surface area (Å²) < 4.78 is 30.9. The second-order valence-electron chi connectivity index (χ2n) is 5.89. The van der Waals surface area contributed by atoms with Crippen LogP contribution in [0.25, 0.3) is 6.08 Å². The normalized spacial score (nSPS) is 11.6. The molecule has 140 valence electrons. The zero-order valence-electron chi connectivity index (χ0n) is 14.7. The fraction of sp³-hybridized carbons (Fsp3) is 0.0455. The van der Waals surface area contributed by atoms with E-state index in [9.17, 15) is 13.7 Å². The Morgan fingerprint density at radius 2 is 1.61 bits per heavy atom. The van der Waals surface area contributed by atoms with Crippen LogP contribution in [0, 0.1) is 11.3 Å². The molecule has 28 heavy (non-hydrogen) atoms. The van der Waals surface area contributed by atoms with Crippen molar-refractivity contribution in [1.82, 2.24) is 0 Å². The predicted molar refractivity (Wildman–Crippen MR) is 109 cm³/mol. The molecule has 0 saturated heterocycles. The summed E-state index contributed by atoms with van der Waals surface area (Å²) in [5.74, 6) is 0.612. The molecule has 0 aliphatic rings. The molecule has 0 fully saturated rings. The number of hydrogen-bond acceptors (Lipinski definition) is 4. The van der Waals surface area contributed by atoms with Crippen molar-refractivity contribution in [2.24, 2.45) is 0 Å². The van der Waals surface area contributed by atoms with E-state index < -0.39 is 9.84 Å². The minimum Gasteiger partial charge on any atom is -0.489 e. The van der Waals surface area contributed by atoms with E-state index >= 15 is 0 Å². The molecular formula is C22H16ClNO3S. The van der Waals surface area contributed by atoms with Gasteiger partial charge in [0, 0.05) is 10.6 Å². The van der Waals surface area contributed by atoms with Gasteiger partial charge in [-0.05, 0) is 42.0 Å². The summed E-state index contributed by atoms with van der Waals surface area (Å²) in [5, 5.41) is 9.97. The lowest BCUT2D eigenvalue weighted by atomic mass is 10.2. The third-order valence-corrected chi connectivity index (χ3v) is 6.03. The van der Waals surface area contributed by atoms with E-state index in [-0.39, 0.29) is 9.80 Å². The number of nitriles is 1. The summed E-state index contributed by atoms with van der Waals surface area (Å²) in [7, 11) is -3.86. The molecule has 0 spiro atoms. The van der Waals surface area contributed by atoms with Crippen LogP contribution in [0.3, 0.4) is 0 Å². The van der Waals surface area contributed by atoms with Gasteiger partial charge in [-0.25, -0.2) is 8.42 Å². The molecule has 0 bridgehead atoms. The molecule has 4 nitrogen and oxygen atoms in total. The van der Waals surface area contributed by atoms with Crippen LogP contribution in [-0.4, -0.2) is 8.42 Å². The largest absolute Gasteiger partial charge is 0.489 e. The van der Waals surface area contributed by atoms with Crippen LogP contribution in [0.1, 0.15) is 11.1 Å². The monoisotopic (exact) mass is 409 g/mol. The van der Waals surface area contributed by atoms with Crippen LogP contribution < -0.4 is 4.74 Å². The first-order valence-electron chi connectivity index (χ1n) is 8.39. The zero-order chi connectivity index (χ0) is 20.0. The second-order valence-corrected chi connectivity index (χ2v) is 8.21. The van der Waals surface area contributed by atoms with Gasteiger partial charge in [-0.2, -0.15) is 5.26 Å². The molecule has 0 amide bonds. The number of hydrogen-bond donors (Lipinski definition) is 0. The van der Waals surface area contributed by atoms with E-state index in [0.29, 0.717) is 22.9 Å². The summed E-state index contributed by atoms with van der Waals surface area (Å²) in [5.41, 5.74) is 1.45. The van der Waals surface area contributed by atoms with Crippen LogP contribution in [0.2, 0.25) is 5.02 Å². The lowest BCUT2D eigenvalue weighted by molar-refractivity contribution is 0.306. The molecule has 0 N–H and O–H groups in total. The number of ether oxygens (including phenoxy) is 1. The van der Waals surface area contributed by atoms with E-state index in [1.807, 2.05) is 18.2 Å². The van der Waals surface area contributed by atoms with Gasteiger partial charge in [0.15, 0.2) is 0 Å². The molecule has 0 aromatic heterocycles. The number of nitrogens with zero attached hydrogens (tertiary/aromatic N) is 1. The van der Waals surface area contributed by atoms with Crippen LogP contribution in [0.15, 0.2) is 88.7 Å². The molecule has 0 aliphatic carbocycles. The van der Waals surface area contributed by atoms with Crippen LogP contribution in [-0.2, 0) is 16.4 Å². The lowest BCUT2D eigenvalue weighted by Gasteiger charge is -2.08. The summed E-state index contributed by atoms with van der Waals surface area (Å²) in [6.45, 7) is 0.320. The van der Waals surface area contributed by atoms with Crippen molar-refractivity contribution in [3.05, 3.63) is 99.9 Å². The fourth-order valence-electron chi connectivity index (χ4n) is 2.48. The summed E-state index contributed by atoms with van der Waals surface area (Å²) in [6, 6.07) is 23.9. The Hall–Kier alpha value is -3.07. The molecule has 3 aromatic rings. The molecule has 0 unspecified atom stereocenters. The van der Waals surface area contributed by atoms with E-state index in [1.165, 1.54) is 18.2 Å². The summed E-state index contributed by atoms with van der Waals surface area (Å²) in [4.78, 5) is -0.231. The molecule has 0 radical (unpaired) electrons. The van der Waals surface area contributed by atoms with Crippen LogP contribution in [0.4, 0.5) is 0 Å². The van der Waals surface area contributed by atoms with E-state index in [0.717, 1.165) is 5.56 Å². The maximum absolute atomic E-state index is 12.6. The number of sulfone groups is 1. The van der Waals surface area contributed by atoms with Crippen molar-refractivity contribution in [3.8, 4) is 11.8 Å². The molecule has 0 atom stereocenters. The van der Waals surface area contributed by atoms with Gasteiger partial charge in [0.2, 0.25) is 9.84 Å². The van der Waals surface area contributed by atoms with Crippen LogP contribution in [0.5, 0.6) is 5.75 Å². The highest BCUT2D eigenvalue weighted by atomic mass is 35.5. The zero-order valence-corrected chi connectivity index (χ0v) is 16.3. The molecule has 0 saturated carbocycles. The minimum absolute atomic E-state index is 0.0856. The van der Waals surface area contributed by atoms with Gasteiger partial charge in [0.05, 0.1) is 4.90 Å². The number of halogens is 1. The predicted octanol–water partition coefficient (Wildman–Crippen LogP) is 5.26. The SMILES string of the molecule is N#CC(=Cc1ccc(OCc2ccccc2Cl)cc1)S(=O)(=O)c1ccccc1. The quantitative estimate of drug-likeness (QED) is 0.521. The van der Waals surface area contributed by atoms with Gasteiger partial charge in [-0.1, -0.05) is 60.1 Å². The van der Waals surface area contributed by atoms with Gasteiger partial charge >= 0.3 is 0 Å². The third kappa shape index (κ3) is 4.61. The average molecular weight is 410 g/mol. The Morgan fingerprint density at radius 3 is 2.25 bits per heavy atom. The van der Waals surface area contributed by atoms with E-state index in [2.05, 4.69) is 0 Å². The maximum atomic E-state index is 12.6. The van der Waals surface area contributed by atoms with Gasteiger partial charge < -0.3 is 4.74 Å². The van der Waals surface area contributed by atoms with Gasteiger partial charge in [0.1, 0.15) is 23.3 Å². The first-order valence-corrected chi connectivity index (χ1v) is 10.2. The number of benzene rings is 3. The highest BCUT2D eigenvalue weighted by Crippen LogP contribution is 2.23. The van der Waals surface area contributed by atoms with Crippen molar-refractivity contribution >= 4 is 27.5 Å². The topological polar surface area (TPSA) is 67.2 Å². The standard InChI is InChI=1S/C22H16ClNO3S/c23-22-9-5-4-6-18(22)16-27-19-12-10-17(11-13-19)14-21(15-24)28(25,26)20-7-2-1-3-8-20/h1-14H,16H2. The lowest BCUT2D eigenvalue weighted by Crippen LogP contribution is -2.03. The Balaban J connectivity index is 1.77. The van der Waals surface area contributed by atoms with Crippen molar-refractivity contribution in [3.63, 3.8) is 0 Å². The van der Waals surface area contributed by atoms with Crippen molar-refractivity contribution in [2.75, 3.05) is 0 Å². The highest BCUT2D eigenvalue weighted by molar-refractivity contribution is 7.95. The molecule has 0 heterocycles. The van der Waals surface area contributed by atoms with Crippen molar-refractivity contribution in [1.29, 1.82) is 5.26 Å². The van der Waals surface area contributed by atoms with Gasteiger partial charge in [-0.15, -0.1) is 0 Å². The Morgan fingerprint density at radius 1 is 0.964 bits per heavy atom. The van der Waals surface area contributed by atoms with Crippen molar-refractivity contribution in [2.45, 2.75) is 11.5 Å². The highest BCUT2D eigenvalue weighted by Gasteiger charge is 2.20. The third-order valence-electron chi connectivity index (χ3n) is 3.98. The Kier molecular flexibility index (Phi) is 6.15. The smallest absolute Gasteiger partial charge is 0.216 e. The molecule has 6 heteroatoms. The molecule has 3 rings (SSSR count). The molecule has 0 aliphatic heterocycles. The Labute approximate surface area is 169 Å².